The van der Waals surface area contributed by atoms with Crippen molar-refractivity contribution < 1.29 is 0 Å². The maximum atomic E-state index is 11.9. The molecule has 0 radical (unpaired) electrons. The largest absolute Gasteiger partial charge is 0.310 e. The first kappa shape index (κ1) is 12.4. The van der Waals surface area contributed by atoms with Crippen molar-refractivity contribution in [3.05, 3.63) is 46.5 Å². The lowest BCUT2D eigenvalue weighted by molar-refractivity contribution is 0.585. The van der Waals surface area contributed by atoms with E-state index in [1.165, 1.54) is 0 Å². The van der Waals surface area contributed by atoms with E-state index in [4.69, 9.17) is 0 Å². The molecule has 2 aromatic rings. The van der Waals surface area contributed by atoms with Crippen molar-refractivity contribution in [2.45, 2.75) is 26.4 Å². The number of nitrogens with one attached hydrogen (secondary N) is 2. The molecule has 0 saturated carbocycles. The van der Waals surface area contributed by atoms with Gasteiger partial charge in [0.2, 0.25) is 0 Å². The van der Waals surface area contributed by atoms with E-state index in [1.54, 1.807) is 12.4 Å². The van der Waals surface area contributed by atoms with Gasteiger partial charge in [-0.25, -0.2) is 4.98 Å². The first-order valence-electron chi connectivity index (χ1n) is 5.90. The Hall–Kier alpha value is -2.01. The van der Waals surface area contributed by atoms with Crippen LogP contribution >= 0.6 is 0 Å². The first-order chi connectivity index (χ1) is 8.66. The third-order valence-corrected chi connectivity index (χ3v) is 2.48. The lowest BCUT2D eigenvalue weighted by atomic mass is 10.3. The van der Waals surface area contributed by atoms with Crippen LogP contribution < -0.4 is 10.9 Å². The van der Waals surface area contributed by atoms with Crippen LogP contribution in [0.1, 0.15) is 19.4 Å². The van der Waals surface area contributed by atoms with E-state index in [0.717, 1.165) is 0 Å². The minimum atomic E-state index is -0.126. The Bertz CT molecular complexity index is 563. The van der Waals surface area contributed by atoms with Crippen molar-refractivity contribution in [3.63, 3.8) is 0 Å². The van der Waals surface area contributed by atoms with Crippen LogP contribution in [0.3, 0.4) is 0 Å². The van der Waals surface area contributed by atoms with Crippen LogP contribution in [0, 0.1) is 0 Å². The molecule has 0 amide bonds. The van der Waals surface area contributed by atoms with Crippen molar-refractivity contribution in [3.8, 4) is 11.5 Å². The average molecular weight is 244 g/mol. The van der Waals surface area contributed by atoms with Crippen molar-refractivity contribution in [2.24, 2.45) is 0 Å². The molecule has 0 aliphatic carbocycles. The highest BCUT2D eigenvalue weighted by Crippen LogP contribution is 2.07. The van der Waals surface area contributed by atoms with E-state index in [-0.39, 0.29) is 5.56 Å². The Balaban J connectivity index is 2.23. The zero-order chi connectivity index (χ0) is 13.0. The van der Waals surface area contributed by atoms with Crippen molar-refractivity contribution in [1.29, 1.82) is 0 Å². The molecule has 0 atom stereocenters. The fourth-order valence-corrected chi connectivity index (χ4v) is 1.49. The molecule has 0 saturated heterocycles. The van der Waals surface area contributed by atoms with Gasteiger partial charge in [0.25, 0.3) is 5.56 Å². The van der Waals surface area contributed by atoms with Gasteiger partial charge in [-0.3, -0.25) is 9.78 Å². The molecule has 2 rings (SSSR count). The van der Waals surface area contributed by atoms with Gasteiger partial charge >= 0.3 is 0 Å². The number of nitrogens with zero attached hydrogens (tertiary/aromatic N) is 2. The van der Waals surface area contributed by atoms with Crippen LogP contribution in [0.15, 0.2) is 35.4 Å². The van der Waals surface area contributed by atoms with Crippen LogP contribution in [0.4, 0.5) is 0 Å². The van der Waals surface area contributed by atoms with Crippen LogP contribution in [-0.4, -0.2) is 21.0 Å². The maximum absolute atomic E-state index is 11.9. The zero-order valence-electron chi connectivity index (χ0n) is 10.5. The van der Waals surface area contributed by atoms with E-state index >= 15 is 0 Å². The molecule has 2 heterocycles. The topological polar surface area (TPSA) is 70.7 Å². The molecule has 5 heteroatoms. The number of pyridine rings is 1. The second-order valence-corrected chi connectivity index (χ2v) is 4.34. The van der Waals surface area contributed by atoms with Gasteiger partial charge in [-0.15, -0.1) is 0 Å². The fourth-order valence-electron chi connectivity index (χ4n) is 1.49. The minimum absolute atomic E-state index is 0.126. The summed E-state index contributed by atoms with van der Waals surface area (Å²) in [5.41, 5.74) is 1.17. The molecule has 0 aromatic carbocycles. The van der Waals surface area contributed by atoms with E-state index in [1.807, 2.05) is 32.0 Å². The number of H-pyrrole nitrogens is 1. The molecule has 0 fully saturated rings. The van der Waals surface area contributed by atoms with Gasteiger partial charge in [-0.2, -0.15) is 0 Å². The van der Waals surface area contributed by atoms with E-state index in [0.29, 0.717) is 29.7 Å². The van der Waals surface area contributed by atoms with Crippen LogP contribution in [0.5, 0.6) is 0 Å². The Morgan fingerprint density at radius 3 is 2.78 bits per heavy atom. The smallest absolute Gasteiger partial charge is 0.255 e. The number of rotatable bonds is 4. The summed E-state index contributed by atoms with van der Waals surface area (Å²) in [6.07, 6.45) is 3.27. The Morgan fingerprint density at radius 1 is 1.33 bits per heavy atom. The van der Waals surface area contributed by atoms with E-state index < -0.39 is 0 Å². The summed E-state index contributed by atoms with van der Waals surface area (Å²) in [5, 5.41) is 3.19. The molecule has 94 valence electrons. The molecule has 0 spiro atoms. The molecule has 0 bridgehead atoms. The molecule has 5 nitrogen and oxygen atoms in total. The quantitative estimate of drug-likeness (QED) is 0.851. The van der Waals surface area contributed by atoms with Gasteiger partial charge in [0.15, 0.2) is 5.82 Å². The monoisotopic (exact) mass is 244 g/mol. The first-order valence-corrected chi connectivity index (χ1v) is 5.90. The molecule has 18 heavy (non-hydrogen) atoms. The molecule has 0 aliphatic rings. The highest BCUT2D eigenvalue weighted by Gasteiger charge is 2.05. The summed E-state index contributed by atoms with van der Waals surface area (Å²) in [4.78, 5) is 23.0. The number of hydrogen-bond donors (Lipinski definition) is 2. The van der Waals surface area contributed by atoms with Gasteiger partial charge in [0.05, 0.1) is 0 Å². The summed E-state index contributed by atoms with van der Waals surface area (Å²) in [6, 6.07) is 5.82. The number of aromatic amines is 1. The number of aromatic nitrogens is 3. The van der Waals surface area contributed by atoms with Crippen molar-refractivity contribution >= 4 is 0 Å². The van der Waals surface area contributed by atoms with Gasteiger partial charge in [-0.1, -0.05) is 19.9 Å². The summed E-state index contributed by atoms with van der Waals surface area (Å²) < 4.78 is 0. The summed E-state index contributed by atoms with van der Waals surface area (Å²) >= 11 is 0. The van der Waals surface area contributed by atoms with Crippen LogP contribution in [0.25, 0.3) is 11.5 Å². The Labute approximate surface area is 105 Å². The highest BCUT2D eigenvalue weighted by atomic mass is 16.1. The van der Waals surface area contributed by atoms with Crippen LogP contribution in [-0.2, 0) is 6.54 Å². The molecule has 2 aromatic heterocycles. The molecular weight excluding hydrogens is 228 g/mol. The van der Waals surface area contributed by atoms with Gasteiger partial charge in [0, 0.05) is 30.5 Å². The van der Waals surface area contributed by atoms with Gasteiger partial charge < -0.3 is 10.3 Å². The number of hydrogen-bond acceptors (Lipinski definition) is 4. The van der Waals surface area contributed by atoms with E-state index in [2.05, 4.69) is 20.3 Å². The lowest BCUT2D eigenvalue weighted by Crippen LogP contribution is -2.26. The maximum Gasteiger partial charge on any atom is 0.255 e. The highest BCUT2D eigenvalue weighted by molar-refractivity contribution is 5.47. The lowest BCUT2D eigenvalue weighted by Gasteiger charge is -2.07. The van der Waals surface area contributed by atoms with Gasteiger partial charge in [0.1, 0.15) is 5.69 Å². The average Bonchev–Trinajstić information content (AvgIpc) is 2.38. The molecular formula is C13H16N4O. The normalized spacial score (nSPS) is 10.8. The second-order valence-electron chi connectivity index (χ2n) is 4.34. The third kappa shape index (κ3) is 3.01. The van der Waals surface area contributed by atoms with Crippen molar-refractivity contribution in [2.75, 3.05) is 0 Å². The predicted octanol–water partition coefficient (Wildman–Crippen LogP) is 1.33. The van der Waals surface area contributed by atoms with Gasteiger partial charge in [-0.05, 0) is 12.1 Å². The predicted molar refractivity (Wildman–Crippen MR) is 70.1 cm³/mol. The Kier molecular flexibility index (Phi) is 3.84. The van der Waals surface area contributed by atoms with E-state index in [9.17, 15) is 4.79 Å². The summed E-state index contributed by atoms with van der Waals surface area (Å²) in [5.74, 6) is 0.494. The SMILES string of the molecule is CC(C)NCc1cnc(-c2ccccn2)[nH]c1=O. The Morgan fingerprint density at radius 2 is 2.17 bits per heavy atom. The second kappa shape index (κ2) is 5.55. The summed E-state index contributed by atoms with van der Waals surface area (Å²) in [7, 11) is 0. The van der Waals surface area contributed by atoms with Crippen LogP contribution in [0.2, 0.25) is 0 Å². The van der Waals surface area contributed by atoms with Crippen molar-refractivity contribution in [1.82, 2.24) is 20.3 Å². The molecule has 0 aliphatic heterocycles. The molecule has 2 N–H and O–H groups in total. The summed E-state index contributed by atoms with van der Waals surface area (Å²) in [6.45, 7) is 4.58. The zero-order valence-corrected chi connectivity index (χ0v) is 10.5. The fraction of sp³-hybridized carbons (Fsp3) is 0.308. The minimum Gasteiger partial charge on any atom is -0.310 e. The third-order valence-electron chi connectivity index (χ3n) is 2.48. The standard InChI is InChI=1S/C13H16N4O/c1-9(2)15-7-10-8-16-12(17-13(10)18)11-5-3-4-6-14-11/h3-6,8-9,15H,7H2,1-2H3,(H,16,17,18). The molecule has 0 unspecified atom stereocenters.